The second-order valence-electron chi connectivity index (χ2n) is 3.80. The van der Waals surface area contributed by atoms with Crippen LogP contribution in [0.3, 0.4) is 0 Å². The average molecular weight is 264 g/mol. The molecule has 1 unspecified atom stereocenters. The molecule has 5 heteroatoms. The van der Waals surface area contributed by atoms with Gasteiger partial charge in [-0.05, 0) is 26.1 Å². The first-order valence-electron chi connectivity index (χ1n) is 5.61. The van der Waals surface area contributed by atoms with Crippen LogP contribution in [0.4, 0.5) is 0 Å². The van der Waals surface area contributed by atoms with Crippen LogP contribution in [0, 0.1) is 0 Å². The zero-order chi connectivity index (χ0) is 13.0. The van der Waals surface area contributed by atoms with Crippen LogP contribution < -0.4 is 10.1 Å². The second kappa shape index (κ2) is 5.80. The zero-order valence-electron chi connectivity index (χ0n) is 10.2. The van der Waals surface area contributed by atoms with Crippen molar-refractivity contribution in [1.82, 2.24) is 15.3 Å². The summed E-state index contributed by atoms with van der Waals surface area (Å²) >= 11 is 5.93. The molecule has 1 aromatic heterocycles. The van der Waals surface area contributed by atoms with E-state index in [0.717, 1.165) is 5.56 Å². The lowest BCUT2D eigenvalue weighted by Gasteiger charge is -2.12. The molecule has 0 aliphatic carbocycles. The van der Waals surface area contributed by atoms with Crippen molar-refractivity contribution < 1.29 is 4.74 Å². The molecule has 0 saturated carbocycles. The highest BCUT2D eigenvalue weighted by atomic mass is 35.5. The van der Waals surface area contributed by atoms with Crippen molar-refractivity contribution in [2.45, 2.75) is 13.2 Å². The largest absolute Gasteiger partial charge is 0.472 e. The summed E-state index contributed by atoms with van der Waals surface area (Å²) in [5.41, 5.74) is 0.885. The van der Waals surface area contributed by atoms with Gasteiger partial charge in [0, 0.05) is 10.6 Å². The molecule has 2 rings (SSSR count). The molecule has 0 saturated heterocycles. The molecule has 1 heterocycles. The molecule has 2 aromatic rings. The summed E-state index contributed by atoms with van der Waals surface area (Å²) in [5, 5.41) is 3.64. The first-order chi connectivity index (χ1) is 8.69. The minimum Gasteiger partial charge on any atom is -0.472 e. The Bertz CT molecular complexity index is 516. The summed E-state index contributed by atoms with van der Waals surface area (Å²) in [6, 6.07) is 7.43. The number of benzene rings is 1. The van der Waals surface area contributed by atoms with E-state index < -0.39 is 0 Å². The highest BCUT2D eigenvalue weighted by molar-refractivity contribution is 6.30. The molecule has 0 aliphatic heterocycles. The molecule has 0 spiro atoms. The predicted octanol–water partition coefficient (Wildman–Crippen LogP) is 2.74. The quantitative estimate of drug-likeness (QED) is 0.862. The number of hydrogen-bond acceptors (Lipinski definition) is 4. The van der Waals surface area contributed by atoms with Gasteiger partial charge in [-0.15, -0.1) is 0 Å². The molecule has 4 nitrogen and oxygen atoms in total. The third-order valence-corrected chi connectivity index (χ3v) is 2.67. The Morgan fingerprint density at radius 3 is 2.61 bits per heavy atom. The Labute approximate surface area is 111 Å². The monoisotopic (exact) mass is 263 g/mol. The van der Waals surface area contributed by atoms with Crippen molar-refractivity contribution >= 4 is 11.6 Å². The normalized spacial score (nSPS) is 12.2. The van der Waals surface area contributed by atoms with Crippen LogP contribution in [0.15, 0.2) is 36.7 Å². The van der Waals surface area contributed by atoms with E-state index in [4.69, 9.17) is 16.3 Å². The van der Waals surface area contributed by atoms with Crippen molar-refractivity contribution in [3.63, 3.8) is 0 Å². The number of ether oxygens (including phenoxy) is 1. The van der Waals surface area contributed by atoms with E-state index in [-0.39, 0.29) is 6.23 Å². The van der Waals surface area contributed by atoms with Crippen molar-refractivity contribution in [3.8, 4) is 17.1 Å². The van der Waals surface area contributed by atoms with E-state index in [1.807, 2.05) is 38.2 Å². The number of hydrogen-bond donors (Lipinski definition) is 1. The first-order valence-corrected chi connectivity index (χ1v) is 5.99. The lowest BCUT2D eigenvalue weighted by Crippen LogP contribution is -2.27. The van der Waals surface area contributed by atoms with Gasteiger partial charge in [-0.25, -0.2) is 9.97 Å². The smallest absolute Gasteiger partial charge is 0.159 e. The molecule has 0 amide bonds. The van der Waals surface area contributed by atoms with Gasteiger partial charge in [0.25, 0.3) is 0 Å². The zero-order valence-corrected chi connectivity index (χ0v) is 11.0. The van der Waals surface area contributed by atoms with Gasteiger partial charge in [0.2, 0.25) is 0 Å². The summed E-state index contributed by atoms with van der Waals surface area (Å²) in [4.78, 5) is 8.51. The number of halogens is 1. The van der Waals surface area contributed by atoms with Gasteiger partial charge in [0.15, 0.2) is 11.6 Å². The van der Waals surface area contributed by atoms with E-state index >= 15 is 0 Å². The lowest BCUT2D eigenvalue weighted by molar-refractivity contribution is 0.192. The third kappa shape index (κ3) is 3.18. The van der Waals surface area contributed by atoms with Gasteiger partial charge in [0.1, 0.15) is 6.23 Å². The van der Waals surface area contributed by atoms with Gasteiger partial charge >= 0.3 is 0 Å². The van der Waals surface area contributed by atoms with Crippen molar-refractivity contribution in [1.29, 1.82) is 0 Å². The fraction of sp³-hybridized carbons (Fsp3) is 0.231. The summed E-state index contributed by atoms with van der Waals surface area (Å²) < 4.78 is 5.52. The molecule has 94 valence electrons. The Morgan fingerprint density at radius 1 is 1.28 bits per heavy atom. The fourth-order valence-corrected chi connectivity index (χ4v) is 1.61. The van der Waals surface area contributed by atoms with Crippen LogP contribution in [0.5, 0.6) is 5.75 Å². The highest BCUT2D eigenvalue weighted by Gasteiger charge is 2.04. The number of nitrogens with zero attached hydrogens (tertiary/aromatic N) is 2. The maximum Gasteiger partial charge on any atom is 0.159 e. The number of nitrogens with one attached hydrogen (secondary N) is 1. The standard InChI is InChI=1S/C13H14ClN3O/c1-9(15-2)18-12-7-16-13(17-8-12)10-4-3-5-11(14)6-10/h3-9,15H,1-2H3. The second-order valence-corrected chi connectivity index (χ2v) is 4.24. The maximum atomic E-state index is 5.93. The minimum absolute atomic E-state index is 0.0781. The molecule has 0 radical (unpaired) electrons. The Morgan fingerprint density at radius 2 is 2.00 bits per heavy atom. The topological polar surface area (TPSA) is 47.0 Å². The van der Waals surface area contributed by atoms with Crippen molar-refractivity contribution in [3.05, 3.63) is 41.7 Å². The van der Waals surface area contributed by atoms with E-state index in [0.29, 0.717) is 16.6 Å². The summed E-state index contributed by atoms with van der Waals surface area (Å²) in [6.07, 6.45) is 3.22. The van der Waals surface area contributed by atoms with E-state index in [1.165, 1.54) is 0 Å². The van der Waals surface area contributed by atoms with Gasteiger partial charge in [-0.1, -0.05) is 23.7 Å². The molecular weight excluding hydrogens is 250 g/mol. The van der Waals surface area contributed by atoms with Crippen molar-refractivity contribution in [2.24, 2.45) is 0 Å². The fourth-order valence-electron chi connectivity index (χ4n) is 1.42. The minimum atomic E-state index is -0.0781. The van der Waals surface area contributed by atoms with Gasteiger partial charge in [-0.3, -0.25) is 5.32 Å². The molecule has 1 N–H and O–H groups in total. The summed E-state index contributed by atoms with van der Waals surface area (Å²) in [6.45, 7) is 1.91. The molecular formula is C13H14ClN3O. The summed E-state index contributed by atoms with van der Waals surface area (Å²) in [7, 11) is 1.83. The van der Waals surface area contributed by atoms with E-state index in [2.05, 4.69) is 15.3 Å². The SMILES string of the molecule is CNC(C)Oc1cnc(-c2cccc(Cl)c2)nc1. The first kappa shape index (κ1) is 12.8. The Kier molecular flexibility index (Phi) is 4.12. The highest BCUT2D eigenvalue weighted by Crippen LogP contribution is 2.20. The lowest BCUT2D eigenvalue weighted by atomic mass is 10.2. The van der Waals surface area contributed by atoms with Gasteiger partial charge in [-0.2, -0.15) is 0 Å². The van der Waals surface area contributed by atoms with Gasteiger partial charge < -0.3 is 4.74 Å². The molecule has 0 bridgehead atoms. The number of aromatic nitrogens is 2. The van der Waals surface area contributed by atoms with E-state index in [1.54, 1.807) is 12.4 Å². The van der Waals surface area contributed by atoms with Crippen LogP contribution in [0.1, 0.15) is 6.92 Å². The van der Waals surface area contributed by atoms with Gasteiger partial charge in [0.05, 0.1) is 12.4 Å². The van der Waals surface area contributed by atoms with Crippen LogP contribution in [0.2, 0.25) is 5.02 Å². The average Bonchev–Trinajstić information content (AvgIpc) is 2.39. The van der Waals surface area contributed by atoms with Crippen LogP contribution in [-0.2, 0) is 0 Å². The van der Waals surface area contributed by atoms with Crippen LogP contribution in [-0.4, -0.2) is 23.2 Å². The Balaban J connectivity index is 2.17. The van der Waals surface area contributed by atoms with Crippen molar-refractivity contribution in [2.75, 3.05) is 7.05 Å². The van der Waals surface area contributed by atoms with E-state index in [9.17, 15) is 0 Å². The molecule has 0 aliphatic rings. The third-order valence-electron chi connectivity index (χ3n) is 2.43. The summed E-state index contributed by atoms with van der Waals surface area (Å²) in [5.74, 6) is 1.25. The number of rotatable bonds is 4. The van der Waals surface area contributed by atoms with Crippen LogP contribution >= 0.6 is 11.6 Å². The maximum absolute atomic E-state index is 5.93. The molecule has 18 heavy (non-hydrogen) atoms. The van der Waals surface area contributed by atoms with Crippen LogP contribution in [0.25, 0.3) is 11.4 Å². The predicted molar refractivity (Wildman–Crippen MR) is 71.6 cm³/mol. The Hall–Kier alpha value is -1.65. The molecule has 1 aromatic carbocycles. The molecule has 1 atom stereocenters. The molecule has 0 fully saturated rings.